The SMILES string of the molecule is CCn1c2ccccc2c2cc(P(=Nc3ccc(S(N)(=O)=O)cc3)(Oc3ccc(Br)cc3Br)C(C)(C)C)ccc21. The highest BCUT2D eigenvalue weighted by Gasteiger charge is 2.39. The standard InChI is InChI=1S/C30H30Br2N3O3PS/c1-5-35-27-9-7-6-8-24(27)25-19-22(13-16-28(25)35)39(30(2,3)4,38-29-17-10-20(31)18-26(29)32)34-21-11-14-23(15-12-21)40(33,36)37/h6-19H,5H2,1-4H3,(H2,33,36,37). The minimum atomic E-state index is -3.82. The van der Waals surface area contributed by atoms with E-state index in [1.165, 1.54) is 23.0 Å². The van der Waals surface area contributed by atoms with E-state index >= 15 is 0 Å². The van der Waals surface area contributed by atoms with Gasteiger partial charge in [-0.2, -0.15) is 0 Å². The molecule has 208 valence electrons. The fraction of sp³-hybridized carbons (Fsp3) is 0.200. The van der Waals surface area contributed by atoms with Crippen LogP contribution in [0.4, 0.5) is 5.69 Å². The lowest BCUT2D eigenvalue weighted by Crippen LogP contribution is -2.27. The van der Waals surface area contributed by atoms with E-state index in [2.05, 4.69) is 107 Å². The molecule has 0 aliphatic heterocycles. The van der Waals surface area contributed by atoms with Gasteiger partial charge >= 0.3 is 0 Å². The van der Waals surface area contributed by atoms with E-state index < -0.39 is 22.5 Å². The second kappa shape index (κ2) is 10.8. The number of sulfonamides is 1. The number of halogens is 2. The molecule has 5 aromatic rings. The Hall–Kier alpha value is -2.42. The van der Waals surface area contributed by atoms with E-state index in [0.717, 1.165) is 31.7 Å². The molecule has 1 heterocycles. The molecule has 10 heteroatoms. The van der Waals surface area contributed by atoms with E-state index in [1.807, 2.05) is 18.2 Å². The van der Waals surface area contributed by atoms with Gasteiger partial charge in [-0.25, -0.2) is 18.3 Å². The summed E-state index contributed by atoms with van der Waals surface area (Å²) in [5.41, 5.74) is 2.95. The summed E-state index contributed by atoms with van der Waals surface area (Å²) < 4.78 is 40.2. The molecule has 5 rings (SSSR count). The number of rotatable bonds is 6. The van der Waals surface area contributed by atoms with Gasteiger partial charge < -0.3 is 9.09 Å². The number of aryl methyl sites for hydroxylation is 1. The summed E-state index contributed by atoms with van der Waals surface area (Å²) in [5, 5.41) is 8.21. The zero-order valence-corrected chi connectivity index (χ0v) is 27.5. The third-order valence-corrected chi connectivity index (χ3v) is 12.7. The third kappa shape index (κ3) is 5.30. The van der Waals surface area contributed by atoms with Crippen LogP contribution in [0.25, 0.3) is 21.8 Å². The number of benzene rings is 4. The van der Waals surface area contributed by atoms with Crippen molar-refractivity contribution in [2.24, 2.45) is 9.88 Å². The van der Waals surface area contributed by atoms with Gasteiger partial charge in [0.05, 0.1) is 15.1 Å². The zero-order chi connectivity index (χ0) is 28.9. The van der Waals surface area contributed by atoms with E-state index in [4.69, 9.17) is 14.4 Å². The first kappa shape index (κ1) is 29.1. The first-order valence-electron chi connectivity index (χ1n) is 12.8. The van der Waals surface area contributed by atoms with Crippen molar-refractivity contribution in [1.29, 1.82) is 0 Å². The molecule has 1 atom stereocenters. The third-order valence-electron chi connectivity index (χ3n) is 6.88. The highest BCUT2D eigenvalue weighted by Crippen LogP contribution is 2.63. The maximum Gasteiger partial charge on any atom is 0.238 e. The van der Waals surface area contributed by atoms with E-state index in [-0.39, 0.29) is 4.90 Å². The normalized spacial score (nSPS) is 13.9. The molecule has 0 spiro atoms. The van der Waals surface area contributed by atoms with Gasteiger partial charge in [-0.15, -0.1) is 0 Å². The zero-order valence-electron chi connectivity index (χ0n) is 22.6. The monoisotopic (exact) mass is 701 g/mol. The molecule has 4 aromatic carbocycles. The van der Waals surface area contributed by atoms with Crippen molar-refractivity contribution < 1.29 is 12.9 Å². The van der Waals surface area contributed by atoms with Crippen LogP contribution in [-0.4, -0.2) is 18.1 Å². The van der Waals surface area contributed by atoms with Gasteiger partial charge in [-0.3, -0.25) is 0 Å². The summed E-state index contributed by atoms with van der Waals surface area (Å²) in [4.78, 5) is 0.0384. The van der Waals surface area contributed by atoms with Gasteiger partial charge in [0.15, 0.2) is 7.28 Å². The van der Waals surface area contributed by atoms with Crippen LogP contribution in [0.2, 0.25) is 0 Å². The minimum absolute atomic E-state index is 0.0384. The molecule has 6 nitrogen and oxygen atoms in total. The molecule has 0 radical (unpaired) electrons. The molecular formula is C30H30Br2N3O3PS. The Labute approximate surface area is 252 Å². The molecule has 0 saturated carbocycles. The predicted molar refractivity (Wildman–Crippen MR) is 174 cm³/mol. The first-order valence-corrected chi connectivity index (χ1v) is 17.5. The molecule has 0 aliphatic rings. The minimum Gasteiger partial charge on any atom is -0.454 e. The Balaban J connectivity index is 1.84. The molecular weight excluding hydrogens is 673 g/mol. The van der Waals surface area contributed by atoms with Crippen molar-refractivity contribution in [2.45, 2.75) is 44.3 Å². The smallest absolute Gasteiger partial charge is 0.238 e. The first-order chi connectivity index (χ1) is 18.8. The summed E-state index contributed by atoms with van der Waals surface area (Å²) in [6.45, 7) is 9.41. The molecule has 0 bridgehead atoms. The van der Waals surface area contributed by atoms with Crippen LogP contribution in [0, 0.1) is 0 Å². The lowest BCUT2D eigenvalue weighted by Gasteiger charge is -2.37. The Kier molecular flexibility index (Phi) is 7.83. The van der Waals surface area contributed by atoms with Crippen LogP contribution in [0.1, 0.15) is 27.7 Å². The lowest BCUT2D eigenvalue weighted by molar-refractivity contribution is 0.568. The van der Waals surface area contributed by atoms with Gasteiger partial charge in [0, 0.05) is 43.3 Å². The van der Waals surface area contributed by atoms with Crippen LogP contribution in [0.15, 0.2) is 104 Å². The number of fused-ring (bicyclic) bond motifs is 3. The summed E-state index contributed by atoms with van der Waals surface area (Å²) in [7, 11) is -6.69. The Morgan fingerprint density at radius 3 is 2.20 bits per heavy atom. The molecule has 0 aliphatic carbocycles. The van der Waals surface area contributed by atoms with E-state index in [9.17, 15) is 8.42 Å². The second-order valence-corrected chi connectivity index (χ2v) is 17.2. The van der Waals surface area contributed by atoms with Crippen LogP contribution in [0.3, 0.4) is 0 Å². The van der Waals surface area contributed by atoms with Gasteiger partial charge in [0.2, 0.25) is 10.0 Å². The molecule has 0 saturated heterocycles. The Morgan fingerprint density at radius 2 is 1.57 bits per heavy atom. The largest absolute Gasteiger partial charge is 0.454 e. The lowest BCUT2D eigenvalue weighted by atomic mass is 10.1. The van der Waals surface area contributed by atoms with Crippen molar-refractivity contribution in [3.8, 4) is 5.75 Å². The maximum absolute atomic E-state index is 11.9. The second-order valence-electron chi connectivity index (χ2n) is 10.5. The van der Waals surface area contributed by atoms with Crippen LogP contribution in [-0.2, 0) is 16.6 Å². The van der Waals surface area contributed by atoms with Crippen LogP contribution in [0.5, 0.6) is 5.75 Å². The number of nitrogens with two attached hydrogens (primary N) is 1. The number of hydrogen-bond acceptors (Lipinski definition) is 4. The Bertz CT molecular complexity index is 1910. The molecule has 2 N–H and O–H groups in total. The molecule has 0 fully saturated rings. The van der Waals surface area contributed by atoms with Gasteiger partial charge in [-0.1, -0.05) is 54.9 Å². The summed E-state index contributed by atoms with van der Waals surface area (Å²) in [6, 6.07) is 27.1. The Morgan fingerprint density at radius 1 is 0.900 bits per heavy atom. The van der Waals surface area contributed by atoms with Crippen molar-refractivity contribution >= 4 is 82.0 Å². The fourth-order valence-corrected chi connectivity index (χ4v) is 9.79. The van der Waals surface area contributed by atoms with Crippen molar-refractivity contribution in [2.75, 3.05) is 0 Å². The average molecular weight is 703 g/mol. The predicted octanol–water partition coefficient (Wildman–Crippen LogP) is 8.94. The number of nitrogens with zero attached hydrogens (tertiary/aromatic N) is 2. The van der Waals surface area contributed by atoms with Gasteiger partial charge in [-0.05, 0) is 89.6 Å². The van der Waals surface area contributed by atoms with Crippen LogP contribution >= 0.6 is 39.1 Å². The summed E-state index contributed by atoms with van der Waals surface area (Å²) >= 11 is 7.21. The summed E-state index contributed by atoms with van der Waals surface area (Å²) in [6.07, 6.45) is 0. The number of aromatic nitrogens is 1. The van der Waals surface area contributed by atoms with Gasteiger partial charge in [0.25, 0.3) is 0 Å². The molecule has 1 aromatic heterocycles. The van der Waals surface area contributed by atoms with Crippen molar-refractivity contribution in [3.05, 3.63) is 93.9 Å². The molecule has 0 amide bonds. The number of primary sulfonamides is 1. The number of para-hydroxylation sites is 1. The van der Waals surface area contributed by atoms with Crippen molar-refractivity contribution in [3.63, 3.8) is 0 Å². The van der Waals surface area contributed by atoms with E-state index in [1.54, 1.807) is 12.1 Å². The van der Waals surface area contributed by atoms with Gasteiger partial charge in [0.1, 0.15) is 5.75 Å². The van der Waals surface area contributed by atoms with Crippen LogP contribution < -0.4 is 15.0 Å². The highest BCUT2D eigenvalue weighted by molar-refractivity contribution is 9.11. The molecule has 1 unspecified atom stereocenters. The maximum atomic E-state index is 11.9. The fourth-order valence-electron chi connectivity index (χ4n) is 4.93. The summed E-state index contributed by atoms with van der Waals surface area (Å²) in [5.74, 6) is 0.674. The molecule has 40 heavy (non-hydrogen) atoms. The quantitative estimate of drug-likeness (QED) is 0.179. The van der Waals surface area contributed by atoms with E-state index in [0.29, 0.717) is 11.4 Å². The highest BCUT2D eigenvalue weighted by atomic mass is 79.9. The topological polar surface area (TPSA) is 86.7 Å². The van der Waals surface area contributed by atoms with Crippen molar-refractivity contribution in [1.82, 2.24) is 4.57 Å². The number of hydrogen-bond donors (Lipinski definition) is 1. The average Bonchev–Trinajstić information content (AvgIpc) is 3.22.